The molecule has 1 aliphatic rings. The average Bonchev–Trinajstić information content (AvgIpc) is 3.43. The third-order valence-corrected chi connectivity index (χ3v) is 6.41. The molecule has 1 aromatic carbocycles. The van der Waals surface area contributed by atoms with Crippen LogP contribution in [0.1, 0.15) is 36.9 Å². The van der Waals surface area contributed by atoms with E-state index in [-0.39, 0.29) is 17.9 Å². The number of carbonyl (C=O) groups excluding carboxylic acids is 2. The van der Waals surface area contributed by atoms with E-state index >= 15 is 0 Å². The van der Waals surface area contributed by atoms with E-state index in [0.717, 1.165) is 4.88 Å². The number of hydrogen-bond donors (Lipinski definition) is 3. The van der Waals surface area contributed by atoms with Gasteiger partial charge in [-0.25, -0.2) is 4.68 Å². The van der Waals surface area contributed by atoms with Gasteiger partial charge in [0.2, 0.25) is 5.91 Å². The first-order valence-electron chi connectivity index (χ1n) is 10.2. The lowest BCUT2D eigenvalue weighted by Gasteiger charge is -2.34. The zero-order chi connectivity index (χ0) is 22.8. The lowest BCUT2D eigenvalue weighted by atomic mass is 9.99. The summed E-state index contributed by atoms with van der Waals surface area (Å²) in [6.45, 7) is 4.11. The Bertz CT molecular complexity index is 1130. The van der Waals surface area contributed by atoms with Crippen LogP contribution in [0, 0.1) is 5.92 Å². The molecule has 10 heteroatoms. The van der Waals surface area contributed by atoms with Gasteiger partial charge in [0.25, 0.3) is 5.91 Å². The highest BCUT2D eigenvalue weighted by atomic mass is 35.5. The first-order valence-corrected chi connectivity index (χ1v) is 11.4. The van der Waals surface area contributed by atoms with E-state index in [0.29, 0.717) is 34.3 Å². The Morgan fingerprint density at radius 1 is 1.34 bits per heavy atom. The number of rotatable bonds is 6. The van der Waals surface area contributed by atoms with Crippen molar-refractivity contribution in [3.63, 3.8) is 0 Å². The predicted octanol–water partition coefficient (Wildman–Crippen LogP) is 4.12. The normalized spacial score (nSPS) is 18.5. The van der Waals surface area contributed by atoms with Crippen LogP contribution < -0.4 is 20.7 Å². The van der Waals surface area contributed by atoms with E-state index in [1.165, 1.54) is 7.11 Å². The first kappa shape index (κ1) is 22.3. The van der Waals surface area contributed by atoms with E-state index in [2.05, 4.69) is 34.9 Å². The van der Waals surface area contributed by atoms with Crippen molar-refractivity contribution < 1.29 is 14.3 Å². The van der Waals surface area contributed by atoms with Crippen molar-refractivity contribution in [2.75, 3.05) is 12.4 Å². The number of amides is 2. The summed E-state index contributed by atoms with van der Waals surface area (Å²) >= 11 is 7.64. The lowest BCUT2D eigenvalue weighted by Crippen LogP contribution is -2.55. The number of carbonyl (C=O) groups is 2. The number of nitrogens with zero attached hydrogens (tertiary/aromatic N) is 2. The van der Waals surface area contributed by atoms with Crippen LogP contribution in [0.5, 0.6) is 5.75 Å². The smallest absolute Gasteiger partial charge is 0.260 e. The molecule has 0 radical (unpaired) electrons. The summed E-state index contributed by atoms with van der Waals surface area (Å²) in [6.07, 6.45) is -0.219. The van der Waals surface area contributed by atoms with Gasteiger partial charge in [0.1, 0.15) is 17.3 Å². The molecule has 2 amide bonds. The molecule has 3 heterocycles. The van der Waals surface area contributed by atoms with E-state index in [4.69, 9.17) is 16.3 Å². The molecule has 2 aromatic heterocycles. The number of halogens is 1. The monoisotopic (exact) mass is 473 g/mol. The molecule has 3 aromatic rings. The minimum Gasteiger partial charge on any atom is -0.496 e. The van der Waals surface area contributed by atoms with Crippen molar-refractivity contribution in [1.82, 2.24) is 20.4 Å². The third-order valence-electron chi connectivity index (χ3n) is 5.28. The molecule has 8 nitrogen and oxygen atoms in total. The van der Waals surface area contributed by atoms with Gasteiger partial charge >= 0.3 is 0 Å². The summed E-state index contributed by atoms with van der Waals surface area (Å²) < 4.78 is 6.91. The topological polar surface area (TPSA) is 97.3 Å². The van der Waals surface area contributed by atoms with Crippen LogP contribution in [0.4, 0.5) is 5.82 Å². The molecule has 2 atom stereocenters. The van der Waals surface area contributed by atoms with Crippen LogP contribution in [-0.4, -0.2) is 34.7 Å². The number of ether oxygens (including phenoxy) is 1. The number of methoxy groups -OCH3 is 1. The zero-order valence-corrected chi connectivity index (χ0v) is 19.5. The van der Waals surface area contributed by atoms with Crippen LogP contribution in [0.2, 0.25) is 5.02 Å². The molecule has 32 heavy (non-hydrogen) atoms. The third kappa shape index (κ3) is 4.64. The molecule has 0 spiro atoms. The van der Waals surface area contributed by atoms with Gasteiger partial charge in [-0.2, -0.15) is 5.10 Å². The minimum absolute atomic E-state index is 0.0142. The van der Waals surface area contributed by atoms with Crippen LogP contribution >= 0.6 is 22.9 Å². The molecule has 1 fully saturated rings. The van der Waals surface area contributed by atoms with Crippen molar-refractivity contribution in [2.45, 2.75) is 32.6 Å². The molecule has 0 aliphatic carbocycles. The summed E-state index contributed by atoms with van der Waals surface area (Å²) in [7, 11) is 1.49. The van der Waals surface area contributed by atoms with Gasteiger partial charge in [-0.1, -0.05) is 31.5 Å². The number of aromatic nitrogens is 2. The van der Waals surface area contributed by atoms with Gasteiger partial charge < -0.3 is 15.4 Å². The average molecular weight is 474 g/mol. The summed E-state index contributed by atoms with van der Waals surface area (Å²) in [4.78, 5) is 26.4. The maximum atomic E-state index is 13.1. The highest BCUT2D eigenvalue weighted by Crippen LogP contribution is 2.30. The first-order chi connectivity index (χ1) is 15.4. The Labute approximate surface area is 194 Å². The SMILES string of the molecule is COc1ccc(Cl)cc1C(=O)Nc1cc(-c2cccs2)nn1C1NC(=O)CC(C(C)C)N1. The molecule has 168 valence electrons. The molecule has 0 bridgehead atoms. The summed E-state index contributed by atoms with van der Waals surface area (Å²) in [5.41, 5.74) is 0.988. The molecule has 2 unspecified atom stereocenters. The molecular weight excluding hydrogens is 450 g/mol. The highest BCUT2D eigenvalue weighted by Gasteiger charge is 2.31. The van der Waals surface area contributed by atoms with Crippen LogP contribution in [-0.2, 0) is 4.79 Å². The second-order valence-electron chi connectivity index (χ2n) is 7.83. The standard InChI is InChI=1S/C22H24ClN5O3S/c1-12(2)15-11-20(29)26-22(24-15)28-19(10-16(27-28)18-5-4-8-32-18)25-21(30)14-9-13(23)6-7-17(14)31-3/h4-10,12,15,22,24H,11H2,1-3H3,(H,25,30)(H,26,29). The summed E-state index contributed by atoms with van der Waals surface area (Å²) in [5, 5.41) is 16.3. The zero-order valence-electron chi connectivity index (χ0n) is 17.9. The van der Waals surface area contributed by atoms with E-state index in [9.17, 15) is 9.59 Å². The molecular formula is C22H24ClN5O3S. The van der Waals surface area contributed by atoms with Gasteiger partial charge in [-0.15, -0.1) is 11.3 Å². The Morgan fingerprint density at radius 3 is 2.84 bits per heavy atom. The number of thiophene rings is 1. The van der Waals surface area contributed by atoms with Gasteiger partial charge in [0, 0.05) is 23.6 Å². The van der Waals surface area contributed by atoms with Crippen molar-refractivity contribution in [3.8, 4) is 16.3 Å². The predicted molar refractivity (Wildman–Crippen MR) is 125 cm³/mol. The molecule has 3 N–H and O–H groups in total. The Kier molecular flexibility index (Phi) is 6.50. The van der Waals surface area contributed by atoms with E-state index in [1.54, 1.807) is 40.3 Å². The number of anilines is 1. The van der Waals surface area contributed by atoms with Crippen molar-refractivity contribution >= 4 is 40.6 Å². The minimum atomic E-state index is -0.603. The summed E-state index contributed by atoms with van der Waals surface area (Å²) in [6, 6.07) is 10.5. The van der Waals surface area contributed by atoms with Crippen molar-refractivity contribution in [3.05, 3.63) is 52.4 Å². The number of nitrogens with one attached hydrogen (secondary N) is 3. The van der Waals surface area contributed by atoms with Gasteiger partial charge in [0.15, 0.2) is 6.29 Å². The summed E-state index contributed by atoms with van der Waals surface area (Å²) in [5.74, 6) is 0.618. The number of hydrogen-bond acceptors (Lipinski definition) is 6. The van der Waals surface area contributed by atoms with E-state index < -0.39 is 12.2 Å². The fraction of sp³-hybridized carbons (Fsp3) is 0.318. The fourth-order valence-corrected chi connectivity index (χ4v) is 4.40. The quantitative estimate of drug-likeness (QED) is 0.500. The van der Waals surface area contributed by atoms with Crippen molar-refractivity contribution in [1.29, 1.82) is 0 Å². The molecule has 1 aliphatic heterocycles. The second-order valence-corrected chi connectivity index (χ2v) is 9.21. The highest BCUT2D eigenvalue weighted by molar-refractivity contribution is 7.13. The lowest BCUT2D eigenvalue weighted by molar-refractivity contribution is -0.126. The van der Waals surface area contributed by atoms with Gasteiger partial charge in [0.05, 0.1) is 17.6 Å². The Hall–Kier alpha value is -2.88. The maximum Gasteiger partial charge on any atom is 0.260 e. The largest absolute Gasteiger partial charge is 0.496 e. The molecule has 4 rings (SSSR count). The molecule has 0 saturated carbocycles. The van der Waals surface area contributed by atoms with Crippen molar-refractivity contribution in [2.24, 2.45) is 5.92 Å². The maximum absolute atomic E-state index is 13.1. The van der Waals surface area contributed by atoms with E-state index in [1.807, 2.05) is 17.5 Å². The fourth-order valence-electron chi connectivity index (χ4n) is 3.55. The Morgan fingerprint density at radius 2 is 2.16 bits per heavy atom. The van der Waals surface area contributed by atoms with Crippen LogP contribution in [0.3, 0.4) is 0 Å². The molecule has 1 saturated heterocycles. The Balaban J connectivity index is 1.70. The van der Waals surface area contributed by atoms with Gasteiger partial charge in [-0.3, -0.25) is 14.9 Å². The van der Waals surface area contributed by atoms with Crippen LogP contribution in [0.15, 0.2) is 41.8 Å². The number of benzene rings is 1. The second kappa shape index (κ2) is 9.32. The van der Waals surface area contributed by atoms with Gasteiger partial charge in [-0.05, 0) is 35.6 Å². The van der Waals surface area contributed by atoms with Crippen LogP contribution in [0.25, 0.3) is 10.6 Å².